The second-order valence-corrected chi connectivity index (χ2v) is 12.2. The minimum Gasteiger partial charge on any atom is -0.493 e. The number of Topliss-reactive ketones (excluding diaryl/α,β-unsaturated/α-hetero) is 1. The Morgan fingerprint density at radius 3 is 2.00 bits per heavy atom. The smallest absolute Gasteiger partial charge is 0.296 e. The Bertz CT molecular complexity index is 2340. The lowest BCUT2D eigenvalue weighted by Crippen LogP contribution is -2.26. The van der Waals surface area contributed by atoms with E-state index in [0.29, 0.717) is 11.4 Å². The highest BCUT2D eigenvalue weighted by molar-refractivity contribution is 7.86. The maximum Gasteiger partial charge on any atom is 0.296 e. The van der Waals surface area contributed by atoms with Crippen LogP contribution in [0.15, 0.2) is 62.4 Å². The second-order valence-electron chi connectivity index (χ2n) is 10.1. The zero-order chi connectivity index (χ0) is 36.3. The van der Waals surface area contributed by atoms with E-state index in [4.69, 9.17) is 28.9 Å². The number of nitrogens with two attached hydrogens (primary N) is 1. The van der Waals surface area contributed by atoms with Gasteiger partial charge in [-0.3, -0.25) is 18.7 Å². The zero-order valence-electron chi connectivity index (χ0n) is 26.0. The van der Waals surface area contributed by atoms with E-state index in [1.54, 1.807) is 31.2 Å². The Hall–Kier alpha value is -5.83. The van der Waals surface area contributed by atoms with Crippen molar-refractivity contribution in [3.05, 3.63) is 74.5 Å². The van der Waals surface area contributed by atoms with Crippen molar-refractivity contribution in [3.8, 4) is 5.88 Å². The summed E-state index contributed by atoms with van der Waals surface area (Å²) in [5, 5.41) is 27.1. The van der Waals surface area contributed by atoms with Gasteiger partial charge in [-0.2, -0.15) is 38.3 Å². The minimum atomic E-state index is -4.82. The molecule has 0 bridgehead atoms. The molecule has 0 unspecified atom stereocenters. The van der Waals surface area contributed by atoms with Gasteiger partial charge in [0, 0.05) is 23.6 Å². The number of hydrogen-bond acceptors (Lipinski definition) is 17. The van der Waals surface area contributed by atoms with Crippen LogP contribution < -0.4 is 27.2 Å². The van der Waals surface area contributed by atoms with Crippen molar-refractivity contribution in [2.75, 3.05) is 21.7 Å². The Morgan fingerprint density at radius 1 is 0.900 bits per heavy atom. The first-order chi connectivity index (χ1) is 23.6. The van der Waals surface area contributed by atoms with Gasteiger partial charge in [0.25, 0.3) is 15.7 Å². The van der Waals surface area contributed by atoms with Crippen molar-refractivity contribution in [2.24, 2.45) is 10.2 Å². The Kier molecular flexibility index (Phi) is 10.2. The Labute approximate surface area is 292 Å². The van der Waals surface area contributed by atoms with Gasteiger partial charge >= 0.3 is 0 Å². The van der Waals surface area contributed by atoms with E-state index in [1.165, 1.54) is 26.0 Å². The van der Waals surface area contributed by atoms with Crippen LogP contribution in [0.3, 0.4) is 0 Å². The van der Waals surface area contributed by atoms with E-state index in [2.05, 4.69) is 56.1 Å². The van der Waals surface area contributed by atoms with Gasteiger partial charge in [-0.15, -0.1) is 10.2 Å². The molecule has 0 atom stereocenters. The molecule has 0 aliphatic rings. The highest BCUT2D eigenvalue weighted by Gasteiger charge is 2.22. The number of hydrogen-bond donors (Lipinski definition) is 6. The average Bonchev–Trinajstić information content (AvgIpc) is 3.00. The highest BCUT2D eigenvalue weighted by atomic mass is 35.5. The molecular weight excluding hydrogens is 717 g/mol. The molecule has 258 valence electrons. The van der Waals surface area contributed by atoms with Crippen LogP contribution >= 0.6 is 23.2 Å². The van der Waals surface area contributed by atoms with Crippen LogP contribution in [0.5, 0.6) is 5.88 Å². The molecule has 0 saturated heterocycles. The third kappa shape index (κ3) is 8.06. The number of nitrogens with one attached hydrogen (secondary N) is 3. The van der Waals surface area contributed by atoms with Crippen LogP contribution in [-0.2, 0) is 16.7 Å². The zero-order valence-corrected chi connectivity index (χ0v) is 28.4. The number of pyridine rings is 1. The predicted molar refractivity (Wildman–Crippen MR) is 184 cm³/mol. The minimum absolute atomic E-state index is 0.00251. The van der Waals surface area contributed by atoms with Gasteiger partial charge in [0.05, 0.1) is 5.56 Å². The van der Waals surface area contributed by atoms with Gasteiger partial charge in [-0.1, -0.05) is 6.07 Å². The fraction of sp³-hybridized carbons (Fsp3) is 0.143. The summed E-state index contributed by atoms with van der Waals surface area (Å²) in [5.74, 6) is -1.17. The second kappa shape index (κ2) is 14.3. The number of azo groups is 1. The third-order valence-corrected chi connectivity index (χ3v) is 7.92. The van der Waals surface area contributed by atoms with E-state index in [-0.39, 0.29) is 69.1 Å². The largest absolute Gasteiger partial charge is 0.493 e. The standard InChI is InChI=1S/C28H25Cl2N13O6S/c1-4-43-21(45)19(13(3)44)12(2)20(22(43)46)42-41-17-11-16(8-9-18(17)50(47,48)49)34-28-38-24(30)37-27(40-28)33-15-7-5-6-14(10-15)32-26-36-23(29)35-25(31)39-26/h5-11,46H,4H2,1-3H3,(H,47,48,49)(H3,31,32,35,36,39)(H2,33,34,37,38,40). The number of benzene rings is 2. The SMILES string of the molecule is CCn1c(O)c(N=Nc2cc(Nc3nc(Cl)nc(Nc4cccc(Nc5nc(N)nc(Cl)n5)c4)n3)ccc2S(=O)(=O)O)c(C)c(C(C)=O)c1=O. The third-order valence-electron chi connectivity index (χ3n) is 6.68. The summed E-state index contributed by atoms with van der Waals surface area (Å²) in [6.45, 7) is 4.15. The van der Waals surface area contributed by atoms with E-state index in [0.717, 1.165) is 10.6 Å². The molecular formula is C28H25Cl2N13O6S. The summed E-state index contributed by atoms with van der Waals surface area (Å²) >= 11 is 12.0. The number of anilines is 7. The molecule has 22 heteroatoms. The first-order valence-corrected chi connectivity index (χ1v) is 16.3. The molecule has 3 heterocycles. The van der Waals surface area contributed by atoms with Gasteiger partial charge in [0.1, 0.15) is 16.3 Å². The molecule has 19 nitrogen and oxygen atoms in total. The van der Waals surface area contributed by atoms with Crippen LogP contribution in [0, 0.1) is 6.92 Å². The number of nitrogen functional groups attached to an aromatic ring is 1. The summed E-state index contributed by atoms with van der Waals surface area (Å²) in [6.07, 6.45) is 0. The Balaban J connectivity index is 1.44. The maximum atomic E-state index is 12.7. The molecule has 3 aromatic heterocycles. The number of carbonyl (C=O) groups excluding carboxylic acids is 1. The topological polar surface area (TPSA) is 278 Å². The number of carbonyl (C=O) groups is 1. The van der Waals surface area contributed by atoms with Crippen LogP contribution in [0.1, 0.15) is 29.8 Å². The van der Waals surface area contributed by atoms with Crippen molar-refractivity contribution in [2.45, 2.75) is 32.2 Å². The van der Waals surface area contributed by atoms with E-state index in [9.17, 15) is 27.7 Å². The van der Waals surface area contributed by atoms with Gasteiger partial charge < -0.3 is 26.8 Å². The summed E-state index contributed by atoms with van der Waals surface area (Å²) in [5.41, 5.74) is 5.31. The molecule has 7 N–H and O–H groups in total. The molecule has 0 spiro atoms. The average molecular weight is 743 g/mol. The predicted octanol–water partition coefficient (Wildman–Crippen LogP) is 5.24. The number of aromatic nitrogens is 7. The lowest BCUT2D eigenvalue weighted by Gasteiger charge is -2.13. The number of ketones is 1. The van der Waals surface area contributed by atoms with E-state index in [1.807, 2.05) is 0 Å². The number of halogens is 2. The Morgan fingerprint density at radius 2 is 1.46 bits per heavy atom. The lowest BCUT2D eigenvalue weighted by molar-refractivity contribution is 0.101. The monoisotopic (exact) mass is 741 g/mol. The molecule has 0 saturated carbocycles. The van der Waals surface area contributed by atoms with Gasteiger partial charge in [0.15, 0.2) is 5.78 Å². The normalized spacial score (nSPS) is 11.5. The number of aromatic hydroxyl groups is 1. The molecule has 2 aromatic carbocycles. The van der Waals surface area contributed by atoms with Gasteiger partial charge in [-0.25, -0.2) is 0 Å². The molecule has 0 aliphatic heterocycles. The number of rotatable bonds is 11. The quantitative estimate of drug-likeness (QED) is 0.0573. The first-order valence-electron chi connectivity index (χ1n) is 14.1. The number of nitrogens with zero attached hydrogens (tertiary/aromatic N) is 9. The molecule has 50 heavy (non-hydrogen) atoms. The summed E-state index contributed by atoms with van der Waals surface area (Å²) in [7, 11) is -4.82. The molecule has 5 aromatic rings. The molecule has 0 fully saturated rings. The first kappa shape index (κ1) is 35.5. The van der Waals surface area contributed by atoms with Crippen molar-refractivity contribution in [3.63, 3.8) is 0 Å². The summed E-state index contributed by atoms with van der Waals surface area (Å²) in [6, 6.07) is 10.3. The van der Waals surface area contributed by atoms with Crippen LogP contribution in [0.4, 0.5) is 52.2 Å². The molecule has 0 radical (unpaired) electrons. The van der Waals surface area contributed by atoms with Gasteiger partial charge in [0.2, 0.25) is 40.2 Å². The molecule has 0 aliphatic carbocycles. The maximum absolute atomic E-state index is 12.7. The van der Waals surface area contributed by atoms with Crippen LogP contribution in [0.2, 0.25) is 10.6 Å². The molecule has 5 rings (SSSR count). The van der Waals surface area contributed by atoms with Crippen LogP contribution in [-0.4, -0.2) is 58.3 Å². The summed E-state index contributed by atoms with van der Waals surface area (Å²) < 4.78 is 35.2. The fourth-order valence-electron chi connectivity index (χ4n) is 4.57. The van der Waals surface area contributed by atoms with E-state index >= 15 is 0 Å². The van der Waals surface area contributed by atoms with Crippen LogP contribution in [0.25, 0.3) is 0 Å². The van der Waals surface area contributed by atoms with Crippen molar-refractivity contribution < 1.29 is 22.9 Å². The lowest BCUT2D eigenvalue weighted by atomic mass is 10.1. The van der Waals surface area contributed by atoms with Gasteiger partial charge in [-0.05, 0) is 85.9 Å². The fourth-order valence-corrected chi connectivity index (χ4v) is 5.50. The highest BCUT2D eigenvalue weighted by Crippen LogP contribution is 2.35. The van der Waals surface area contributed by atoms with Crippen molar-refractivity contribution in [1.82, 2.24) is 34.5 Å². The summed E-state index contributed by atoms with van der Waals surface area (Å²) in [4.78, 5) is 48.4. The van der Waals surface area contributed by atoms with Crippen molar-refractivity contribution in [1.29, 1.82) is 0 Å². The van der Waals surface area contributed by atoms with E-state index < -0.39 is 32.2 Å². The van der Waals surface area contributed by atoms with Crippen molar-refractivity contribution >= 4 is 91.3 Å². The molecule has 0 amide bonds.